The lowest BCUT2D eigenvalue weighted by atomic mass is 10.1. The van der Waals surface area contributed by atoms with E-state index in [-0.39, 0.29) is 12.3 Å². The lowest BCUT2D eigenvalue weighted by molar-refractivity contribution is -0.143. The number of hydrogen-bond acceptors (Lipinski definition) is 2. The molecule has 1 unspecified atom stereocenters. The number of carbonyl (C=O) groups is 2. The quantitative estimate of drug-likeness (QED) is 0.816. The van der Waals surface area contributed by atoms with Crippen molar-refractivity contribution in [3.63, 3.8) is 0 Å². The first-order chi connectivity index (χ1) is 7.99. The second-order valence-corrected chi connectivity index (χ2v) is 4.21. The second-order valence-electron chi connectivity index (χ2n) is 4.21. The fourth-order valence-corrected chi connectivity index (χ4v) is 1.46. The Morgan fingerprint density at radius 3 is 2.71 bits per heavy atom. The third kappa shape index (κ3) is 4.68. The Hall–Kier alpha value is -1.84. The van der Waals surface area contributed by atoms with E-state index in [1.165, 1.54) is 6.92 Å². The van der Waals surface area contributed by atoms with Crippen molar-refractivity contribution in [3.05, 3.63) is 35.4 Å². The average molecular weight is 235 g/mol. The molecule has 4 nitrogen and oxygen atoms in total. The summed E-state index contributed by atoms with van der Waals surface area (Å²) in [6, 6.07) is 7.82. The molecule has 92 valence electrons. The highest BCUT2D eigenvalue weighted by Crippen LogP contribution is 2.05. The third-order valence-electron chi connectivity index (χ3n) is 2.49. The molecular weight excluding hydrogens is 218 g/mol. The van der Waals surface area contributed by atoms with E-state index < -0.39 is 11.9 Å². The maximum absolute atomic E-state index is 11.4. The molecule has 0 aromatic heterocycles. The molecule has 1 aromatic rings. The zero-order valence-electron chi connectivity index (χ0n) is 10.1. The van der Waals surface area contributed by atoms with Crippen LogP contribution in [0.5, 0.6) is 0 Å². The normalized spacial score (nSPS) is 11.9. The summed E-state index contributed by atoms with van der Waals surface area (Å²) in [5, 5.41) is 11.4. The Morgan fingerprint density at radius 1 is 1.41 bits per heavy atom. The molecule has 1 aromatic carbocycles. The standard InChI is InChI=1S/C13H17NO3/c1-9-4-3-5-11(6-9)8-14-12(15)7-10(2)13(16)17/h3-6,10H,7-8H2,1-2H3,(H,14,15)(H,16,17). The molecule has 0 aliphatic heterocycles. The number of carboxylic acids is 1. The van der Waals surface area contributed by atoms with Crippen LogP contribution in [0.4, 0.5) is 0 Å². The van der Waals surface area contributed by atoms with Crippen molar-refractivity contribution in [2.75, 3.05) is 0 Å². The Bertz CT molecular complexity index is 415. The molecule has 0 saturated carbocycles. The molecule has 0 aliphatic rings. The molecule has 0 aliphatic carbocycles. The van der Waals surface area contributed by atoms with Crippen LogP contribution >= 0.6 is 0 Å². The molecule has 1 rings (SSSR count). The lowest BCUT2D eigenvalue weighted by Crippen LogP contribution is -2.26. The highest BCUT2D eigenvalue weighted by Gasteiger charge is 2.15. The third-order valence-corrected chi connectivity index (χ3v) is 2.49. The number of aryl methyl sites for hydroxylation is 1. The first kappa shape index (κ1) is 13.2. The summed E-state index contributed by atoms with van der Waals surface area (Å²) in [6.45, 7) is 3.94. The molecule has 4 heteroatoms. The van der Waals surface area contributed by atoms with E-state index in [9.17, 15) is 9.59 Å². The molecule has 1 amide bonds. The number of benzene rings is 1. The molecule has 0 spiro atoms. The smallest absolute Gasteiger partial charge is 0.306 e. The van der Waals surface area contributed by atoms with Crippen LogP contribution in [0.3, 0.4) is 0 Å². The molecule has 17 heavy (non-hydrogen) atoms. The van der Waals surface area contributed by atoms with E-state index in [1.54, 1.807) is 0 Å². The van der Waals surface area contributed by atoms with Crippen LogP contribution in [-0.4, -0.2) is 17.0 Å². The van der Waals surface area contributed by atoms with Crippen LogP contribution in [0.15, 0.2) is 24.3 Å². The van der Waals surface area contributed by atoms with Gasteiger partial charge >= 0.3 is 5.97 Å². The average Bonchev–Trinajstić information content (AvgIpc) is 2.26. The Balaban J connectivity index is 2.41. The summed E-state index contributed by atoms with van der Waals surface area (Å²) in [5.41, 5.74) is 2.15. The van der Waals surface area contributed by atoms with Crippen molar-refractivity contribution in [1.82, 2.24) is 5.32 Å². The van der Waals surface area contributed by atoms with Gasteiger partial charge in [0.05, 0.1) is 5.92 Å². The van der Waals surface area contributed by atoms with Gasteiger partial charge in [-0.25, -0.2) is 0 Å². The summed E-state index contributed by atoms with van der Waals surface area (Å²) in [5.74, 6) is -1.83. The Morgan fingerprint density at radius 2 is 2.12 bits per heavy atom. The van der Waals surface area contributed by atoms with Gasteiger partial charge in [0.25, 0.3) is 0 Å². The number of hydrogen-bond donors (Lipinski definition) is 2. The maximum atomic E-state index is 11.4. The van der Waals surface area contributed by atoms with Gasteiger partial charge in [0.1, 0.15) is 0 Å². The van der Waals surface area contributed by atoms with Crippen molar-refractivity contribution >= 4 is 11.9 Å². The highest BCUT2D eigenvalue weighted by molar-refractivity contribution is 5.81. The van der Waals surface area contributed by atoms with Crippen molar-refractivity contribution in [3.8, 4) is 0 Å². The number of nitrogens with one attached hydrogen (secondary N) is 1. The topological polar surface area (TPSA) is 66.4 Å². The Labute approximate surface area is 101 Å². The van der Waals surface area contributed by atoms with E-state index in [0.29, 0.717) is 6.54 Å². The number of carbonyl (C=O) groups excluding carboxylic acids is 1. The summed E-state index contributed by atoms with van der Waals surface area (Å²) in [4.78, 5) is 22.0. The molecule has 0 radical (unpaired) electrons. The van der Waals surface area contributed by atoms with E-state index in [2.05, 4.69) is 5.32 Å². The van der Waals surface area contributed by atoms with Gasteiger partial charge in [-0.2, -0.15) is 0 Å². The number of amides is 1. The van der Waals surface area contributed by atoms with Crippen LogP contribution in [-0.2, 0) is 16.1 Å². The van der Waals surface area contributed by atoms with Gasteiger partial charge in [0.2, 0.25) is 5.91 Å². The lowest BCUT2D eigenvalue weighted by Gasteiger charge is -2.08. The van der Waals surface area contributed by atoms with Gasteiger partial charge in [-0.1, -0.05) is 36.8 Å². The van der Waals surface area contributed by atoms with Crippen molar-refractivity contribution < 1.29 is 14.7 Å². The summed E-state index contributed by atoms with van der Waals surface area (Å²) in [7, 11) is 0. The van der Waals surface area contributed by atoms with Crippen LogP contribution in [0.25, 0.3) is 0 Å². The van der Waals surface area contributed by atoms with Crippen molar-refractivity contribution in [1.29, 1.82) is 0 Å². The largest absolute Gasteiger partial charge is 0.481 e. The van der Waals surface area contributed by atoms with E-state index in [0.717, 1.165) is 11.1 Å². The molecule has 0 heterocycles. The van der Waals surface area contributed by atoms with Gasteiger partial charge in [-0.05, 0) is 12.5 Å². The van der Waals surface area contributed by atoms with Crippen LogP contribution in [0.1, 0.15) is 24.5 Å². The molecular formula is C13H17NO3. The van der Waals surface area contributed by atoms with Gasteiger partial charge < -0.3 is 10.4 Å². The highest BCUT2D eigenvalue weighted by atomic mass is 16.4. The van der Waals surface area contributed by atoms with Gasteiger partial charge in [0.15, 0.2) is 0 Å². The fourth-order valence-electron chi connectivity index (χ4n) is 1.46. The van der Waals surface area contributed by atoms with Gasteiger partial charge in [0, 0.05) is 13.0 Å². The predicted octanol–water partition coefficient (Wildman–Crippen LogP) is 1.72. The summed E-state index contributed by atoms with van der Waals surface area (Å²) >= 11 is 0. The minimum Gasteiger partial charge on any atom is -0.481 e. The van der Waals surface area contributed by atoms with E-state index in [1.807, 2.05) is 31.2 Å². The van der Waals surface area contributed by atoms with Gasteiger partial charge in [-0.3, -0.25) is 9.59 Å². The molecule has 0 bridgehead atoms. The van der Waals surface area contributed by atoms with Crippen molar-refractivity contribution in [2.45, 2.75) is 26.8 Å². The molecule has 2 N–H and O–H groups in total. The molecule has 1 atom stereocenters. The summed E-state index contributed by atoms with van der Waals surface area (Å²) < 4.78 is 0. The van der Waals surface area contributed by atoms with E-state index in [4.69, 9.17) is 5.11 Å². The maximum Gasteiger partial charge on any atom is 0.306 e. The van der Waals surface area contributed by atoms with Crippen molar-refractivity contribution in [2.24, 2.45) is 5.92 Å². The minimum atomic E-state index is -0.948. The monoisotopic (exact) mass is 235 g/mol. The number of aliphatic carboxylic acids is 1. The predicted molar refractivity (Wildman–Crippen MR) is 64.4 cm³/mol. The van der Waals surface area contributed by atoms with Crippen LogP contribution in [0, 0.1) is 12.8 Å². The number of carboxylic acid groups (broad SMARTS) is 1. The fraction of sp³-hybridized carbons (Fsp3) is 0.385. The van der Waals surface area contributed by atoms with Crippen LogP contribution in [0.2, 0.25) is 0 Å². The zero-order valence-corrected chi connectivity index (χ0v) is 10.1. The SMILES string of the molecule is Cc1cccc(CNC(=O)CC(C)C(=O)O)c1. The minimum absolute atomic E-state index is 0.0150. The second kappa shape index (κ2) is 6.03. The first-order valence-corrected chi connectivity index (χ1v) is 5.54. The molecule has 0 fully saturated rings. The van der Waals surface area contributed by atoms with Gasteiger partial charge in [-0.15, -0.1) is 0 Å². The molecule has 0 saturated heterocycles. The number of rotatable bonds is 5. The Kier molecular flexibility index (Phi) is 4.69. The summed E-state index contributed by atoms with van der Waals surface area (Å²) in [6.07, 6.45) is 0.0150. The first-order valence-electron chi connectivity index (χ1n) is 5.54. The van der Waals surface area contributed by atoms with Crippen LogP contribution < -0.4 is 5.32 Å². The van der Waals surface area contributed by atoms with E-state index >= 15 is 0 Å². The zero-order chi connectivity index (χ0) is 12.8.